The van der Waals surface area contributed by atoms with Crippen molar-refractivity contribution in [3.8, 4) is 0 Å². The van der Waals surface area contributed by atoms with Crippen molar-refractivity contribution in [1.82, 2.24) is 10.2 Å². The quantitative estimate of drug-likeness (QED) is 0.851. The highest BCUT2D eigenvalue weighted by Crippen LogP contribution is 2.20. The molecule has 1 fully saturated rings. The van der Waals surface area contributed by atoms with Crippen molar-refractivity contribution in [2.45, 2.75) is 6.04 Å². The fraction of sp³-hybridized carbons (Fsp3) is 0.538. The zero-order valence-corrected chi connectivity index (χ0v) is 10.5. The molecule has 0 aliphatic carbocycles. The normalized spacial score (nSPS) is 21.8. The number of nitrogens with zero attached hydrogens (tertiary/aromatic N) is 2. The molecule has 0 spiro atoms. The first-order valence-electron chi connectivity index (χ1n) is 6.06. The number of hydrogen-bond donors (Lipinski definition) is 1. The van der Waals surface area contributed by atoms with Crippen molar-refractivity contribution >= 4 is 5.69 Å². The Morgan fingerprint density at radius 3 is 2.65 bits per heavy atom. The maximum atomic E-state index is 12.9. The van der Waals surface area contributed by atoms with E-state index in [9.17, 15) is 4.39 Å². The lowest BCUT2D eigenvalue weighted by Gasteiger charge is -2.41. The largest absolute Gasteiger partial charge is 0.365 e. The molecule has 1 atom stereocenters. The Bertz CT molecular complexity index is 352. The first kappa shape index (κ1) is 12.3. The third-order valence-corrected chi connectivity index (χ3v) is 3.28. The lowest BCUT2D eigenvalue weighted by molar-refractivity contribution is 0.265. The second-order valence-electron chi connectivity index (χ2n) is 4.64. The fourth-order valence-corrected chi connectivity index (χ4v) is 2.39. The molecule has 1 heterocycles. The van der Waals surface area contributed by atoms with Gasteiger partial charge >= 0.3 is 0 Å². The van der Waals surface area contributed by atoms with Crippen molar-refractivity contribution in [2.75, 3.05) is 45.2 Å². The van der Waals surface area contributed by atoms with Crippen molar-refractivity contribution in [3.05, 3.63) is 30.1 Å². The molecular formula is C13H20FN3. The van der Waals surface area contributed by atoms with E-state index in [1.165, 1.54) is 12.1 Å². The highest BCUT2D eigenvalue weighted by Gasteiger charge is 2.24. The number of halogens is 1. The zero-order valence-electron chi connectivity index (χ0n) is 10.5. The molecule has 4 heteroatoms. The second kappa shape index (κ2) is 5.47. The van der Waals surface area contributed by atoms with Gasteiger partial charge in [0.2, 0.25) is 0 Å². The number of anilines is 1. The summed E-state index contributed by atoms with van der Waals surface area (Å²) in [5.41, 5.74) is 1.11. The summed E-state index contributed by atoms with van der Waals surface area (Å²) in [6.45, 7) is 4.03. The van der Waals surface area contributed by atoms with E-state index in [1.807, 2.05) is 19.2 Å². The number of hydrogen-bond acceptors (Lipinski definition) is 3. The molecule has 1 N–H and O–H groups in total. The van der Waals surface area contributed by atoms with E-state index in [4.69, 9.17) is 0 Å². The Hall–Kier alpha value is -1.13. The first-order valence-corrected chi connectivity index (χ1v) is 6.06. The molecule has 17 heavy (non-hydrogen) atoms. The van der Waals surface area contributed by atoms with Crippen LogP contribution in [0.15, 0.2) is 24.3 Å². The molecule has 1 aliphatic heterocycles. The van der Waals surface area contributed by atoms with Gasteiger partial charge in [0.15, 0.2) is 0 Å². The van der Waals surface area contributed by atoms with Crippen molar-refractivity contribution < 1.29 is 4.39 Å². The number of nitrogens with one attached hydrogen (secondary N) is 1. The molecule has 0 saturated carbocycles. The highest BCUT2D eigenvalue weighted by atomic mass is 19.1. The van der Waals surface area contributed by atoms with E-state index in [-0.39, 0.29) is 5.82 Å². The third-order valence-electron chi connectivity index (χ3n) is 3.28. The zero-order chi connectivity index (χ0) is 12.3. The summed E-state index contributed by atoms with van der Waals surface area (Å²) in [7, 11) is 4.11. The average molecular weight is 237 g/mol. The smallest absolute Gasteiger partial charge is 0.123 e. The van der Waals surface area contributed by atoms with Gasteiger partial charge in [0.25, 0.3) is 0 Å². The summed E-state index contributed by atoms with van der Waals surface area (Å²) in [6.07, 6.45) is 0. The third kappa shape index (κ3) is 2.96. The number of likely N-dealkylation sites (N-methyl/N-ethyl adjacent to an activating group) is 2. The van der Waals surface area contributed by atoms with Gasteiger partial charge in [0.1, 0.15) is 5.82 Å². The summed E-state index contributed by atoms with van der Waals surface area (Å²) in [4.78, 5) is 4.69. The van der Waals surface area contributed by atoms with E-state index in [0.717, 1.165) is 31.9 Å². The molecule has 3 nitrogen and oxygen atoms in total. The summed E-state index contributed by atoms with van der Waals surface area (Å²) in [5, 5.41) is 3.23. The van der Waals surface area contributed by atoms with Crippen LogP contribution in [0.3, 0.4) is 0 Å². The van der Waals surface area contributed by atoms with Gasteiger partial charge in [0.05, 0.1) is 6.04 Å². The van der Waals surface area contributed by atoms with Crippen LogP contribution in [-0.4, -0.2) is 51.2 Å². The topological polar surface area (TPSA) is 18.5 Å². The molecule has 94 valence electrons. The lowest BCUT2D eigenvalue weighted by Crippen LogP contribution is -2.55. The molecular weight excluding hydrogens is 217 g/mol. The van der Waals surface area contributed by atoms with Crippen LogP contribution in [0.1, 0.15) is 0 Å². The summed E-state index contributed by atoms with van der Waals surface area (Å²) in [6, 6.07) is 7.24. The van der Waals surface area contributed by atoms with Crippen LogP contribution in [0.25, 0.3) is 0 Å². The van der Waals surface area contributed by atoms with Crippen LogP contribution in [0.2, 0.25) is 0 Å². The van der Waals surface area contributed by atoms with Gasteiger partial charge in [0, 0.05) is 31.9 Å². The predicted octanol–water partition coefficient (Wildman–Crippen LogP) is 1.17. The molecule has 1 unspecified atom stereocenters. The minimum absolute atomic E-state index is 0.173. The minimum atomic E-state index is -0.173. The molecule has 1 saturated heterocycles. The van der Waals surface area contributed by atoms with Crippen LogP contribution in [0.4, 0.5) is 10.1 Å². The molecule has 0 bridgehead atoms. The van der Waals surface area contributed by atoms with Crippen molar-refractivity contribution in [3.63, 3.8) is 0 Å². The summed E-state index contributed by atoms with van der Waals surface area (Å²) < 4.78 is 12.9. The molecule has 0 aromatic heterocycles. The minimum Gasteiger partial charge on any atom is -0.365 e. The Balaban J connectivity index is 2.14. The van der Waals surface area contributed by atoms with Gasteiger partial charge in [-0.3, -0.25) is 0 Å². The van der Waals surface area contributed by atoms with E-state index in [1.54, 1.807) is 0 Å². The Kier molecular flexibility index (Phi) is 3.97. The standard InChI is InChI=1S/C13H20FN3/c1-15-9-13-10-16(2)7-8-17(13)12-5-3-11(14)4-6-12/h3-6,13,15H,7-10H2,1-2H3. The molecule has 1 aliphatic rings. The Labute approximate surface area is 102 Å². The van der Waals surface area contributed by atoms with Crippen molar-refractivity contribution in [1.29, 1.82) is 0 Å². The van der Waals surface area contributed by atoms with Gasteiger partial charge in [-0.05, 0) is 38.4 Å². The summed E-state index contributed by atoms with van der Waals surface area (Å²) in [5.74, 6) is -0.173. The molecule has 1 aromatic rings. The molecule has 0 radical (unpaired) electrons. The number of benzene rings is 1. The maximum Gasteiger partial charge on any atom is 0.123 e. The second-order valence-corrected chi connectivity index (χ2v) is 4.64. The first-order chi connectivity index (χ1) is 8.20. The van der Waals surface area contributed by atoms with Gasteiger partial charge in [-0.2, -0.15) is 0 Å². The maximum absolute atomic E-state index is 12.9. The monoisotopic (exact) mass is 237 g/mol. The van der Waals surface area contributed by atoms with Gasteiger partial charge in [-0.15, -0.1) is 0 Å². The Morgan fingerprint density at radius 1 is 1.29 bits per heavy atom. The summed E-state index contributed by atoms with van der Waals surface area (Å²) >= 11 is 0. The van der Waals surface area contributed by atoms with E-state index in [0.29, 0.717) is 6.04 Å². The van der Waals surface area contributed by atoms with Crippen LogP contribution < -0.4 is 10.2 Å². The number of piperazine rings is 1. The van der Waals surface area contributed by atoms with Gasteiger partial charge < -0.3 is 15.1 Å². The molecule has 1 aromatic carbocycles. The number of rotatable bonds is 3. The van der Waals surface area contributed by atoms with Crippen LogP contribution in [0, 0.1) is 5.82 Å². The average Bonchev–Trinajstić information content (AvgIpc) is 2.31. The van der Waals surface area contributed by atoms with E-state index < -0.39 is 0 Å². The van der Waals surface area contributed by atoms with Gasteiger partial charge in [-0.1, -0.05) is 0 Å². The van der Waals surface area contributed by atoms with E-state index >= 15 is 0 Å². The van der Waals surface area contributed by atoms with Crippen molar-refractivity contribution in [2.24, 2.45) is 0 Å². The lowest BCUT2D eigenvalue weighted by atomic mass is 10.1. The van der Waals surface area contributed by atoms with Crippen LogP contribution in [-0.2, 0) is 0 Å². The SMILES string of the molecule is CNCC1CN(C)CCN1c1ccc(F)cc1. The van der Waals surface area contributed by atoms with Crippen LogP contribution in [0.5, 0.6) is 0 Å². The molecule has 2 rings (SSSR count). The molecule has 0 amide bonds. The highest BCUT2D eigenvalue weighted by molar-refractivity contribution is 5.48. The predicted molar refractivity (Wildman–Crippen MR) is 69.0 cm³/mol. The fourth-order valence-electron chi connectivity index (χ4n) is 2.39. The Morgan fingerprint density at radius 2 is 2.00 bits per heavy atom. The van der Waals surface area contributed by atoms with E-state index in [2.05, 4.69) is 22.2 Å². The van der Waals surface area contributed by atoms with Gasteiger partial charge in [-0.25, -0.2) is 4.39 Å². The van der Waals surface area contributed by atoms with Crippen LogP contribution >= 0.6 is 0 Å².